The SMILES string of the molecule is CN(C)C(=O)c1cc(NC(=O)c2cc3ccccc3s2)ccn1. The van der Waals surface area contributed by atoms with E-state index in [9.17, 15) is 9.59 Å². The molecule has 0 fully saturated rings. The summed E-state index contributed by atoms with van der Waals surface area (Å²) in [6, 6.07) is 13.0. The third-order valence-electron chi connectivity index (χ3n) is 3.29. The maximum Gasteiger partial charge on any atom is 0.272 e. The van der Waals surface area contributed by atoms with Gasteiger partial charge in [-0.3, -0.25) is 14.6 Å². The zero-order valence-electron chi connectivity index (χ0n) is 12.7. The average Bonchev–Trinajstić information content (AvgIpc) is 2.98. The van der Waals surface area contributed by atoms with Gasteiger partial charge in [-0.25, -0.2) is 0 Å². The fourth-order valence-electron chi connectivity index (χ4n) is 2.14. The Morgan fingerprint density at radius 2 is 1.91 bits per heavy atom. The smallest absolute Gasteiger partial charge is 0.272 e. The normalized spacial score (nSPS) is 10.5. The van der Waals surface area contributed by atoms with Crippen LogP contribution >= 0.6 is 11.3 Å². The molecule has 116 valence electrons. The first-order chi connectivity index (χ1) is 11.0. The monoisotopic (exact) mass is 325 g/mol. The van der Waals surface area contributed by atoms with E-state index in [4.69, 9.17) is 0 Å². The van der Waals surface area contributed by atoms with Crippen LogP contribution in [-0.2, 0) is 0 Å². The molecule has 0 aliphatic rings. The van der Waals surface area contributed by atoms with Crippen molar-refractivity contribution >= 4 is 38.9 Å². The van der Waals surface area contributed by atoms with Gasteiger partial charge in [0.05, 0.1) is 4.88 Å². The molecule has 23 heavy (non-hydrogen) atoms. The molecule has 1 N–H and O–H groups in total. The Kier molecular flexibility index (Phi) is 4.08. The molecule has 1 aromatic carbocycles. The summed E-state index contributed by atoms with van der Waals surface area (Å²) in [6.07, 6.45) is 1.51. The molecular formula is C17H15N3O2S. The van der Waals surface area contributed by atoms with E-state index in [-0.39, 0.29) is 11.8 Å². The lowest BCUT2D eigenvalue weighted by Crippen LogP contribution is -2.23. The summed E-state index contributed by atoms with van der Waals surface area (Å²) >= 11 is 1.44. The second-order valence-corrected chi connectivity index (χ2v) is 6.32. The van der Waals surface area contributed by atoms with Crippen LogP contribution in [0.15, 0.2) is 48.7 Å². The third-order valence-corrected chi connectivity index (χ3v) is 4.41. The Balaban J connectivity index is 1.82. The molecule has 5 nitrogen and oxygen atoms in total. The number of nitrogens with one attached hydrogen (secondary N) is 1. The first-order valence-corrected chi connectivity index (χ1v) is 7.84. The van der Waals surface area contributed by atoms with Gasteiger partial charge < -0.3 is 10.2 Å². The van der Waals surface area contributed by atoms with Crippen LogP contribution in [0.2, 0.25) is 0 Å². The molecule has 0 aliphatic heterocycles. The minimum atomic E-state index is -0.206. The Hall–Kier alpha value is -2.73. The minimum Gasteiger partial charge on any atom is -0.343 e. The Labute approximate surface area is 137 Å². The molecule has 0 radical (unpaired) electrons. The number of hydrogen-bond donors (Lipinski definition) is 1. The van der Waals surface area contributed by atoms with Crippen LogP contribution in [0.4, 0.5) is 5.69 Å². The van der Waals surface area contributed by atoms with Crippen LogP contribution in [-0.4, -0.2) is 35.8 Å². The van der Waals surface area contributed by atoms with Crippen molar-refractivity contribution in [3.05, 3.63) is 59.2 Å². The molecule has 2 aromatic heterocycles. The van der Waals surface area contributed by atoms with E-state index in [0.29, 0.717) is 16.3 Å². The van der Waals surface area contributed by atoms with E-state index >= 15 is 0 Å². The fourth-order valence-corrected chi connectivity index (χ4v) is 3.10. The number of benzene rings is 1. The second-order valence-electron chi connectivity index (χ2n) is 5.23. The lowest BCUT2D eigenvalue weighted by atomic mass is 10.2. The van der Waals surface area contributed by atoms with Gasteiger partial charge in [-0.2, -0.15) is 0 Å². The van der Waals surface area contributed by atoms with Gasteiger partial charge in [-0.1, -0.05) is 18.2 Å². The summed E-state index contributed by atoms with van der Waals surface area (Å²) in [7, 11) is 3.32. The summed E-state index contributed by atoms with van der Waals surface area (Å²) in [5, 5.41) is 3.86. The van der Waals surface area contributed by atoms with Gasteiger partial charge in [0, 0.05) is 30.7 Å². The van der Waals surface area contributed by atoms with Crippen molar-refractivity contribution in [1.29, 1.82) is 0 Å². The number of rotatable bonds is 3. The van der Waals surface area contributed by atoms with Crippen LogP contribution in [0.5, 0.6) is 0 Å². The molecular weight excluding hydrogens is 310 g/mol. The molecule has 0 spiro atoms. The van der Waals surface area contributed by atoms with Crippen LogP contribution in [0, 0.1) is 0 Å². The van der Waals surface area contributed by atoms with Crippen LogP contribution < -0.4 is 5.32 Å². The van der Waals surface area contributed by atoms with Crippen molar-refractivity contribution in [3.8, 4) is 0 Å². The highest BCUT2D eigenvalue weighted by Crippen LogP contribution is 2.26. The molecule has 0 aliphatic carbocycles. The van der Waals surface area contributed by atoms with E-state index in [1.807, 2.05) is 30.3 Å². The Morgan fingerprint density at radius 3 is 2.65 bits per heavy atom. The number of anilines is 1. The second kappa shape index (κ2) is 6.18. The third kappa shape index (κ3) is 3.22. The predicted octanol–water partition coefficient (Wildman–Crippen LogP) is 3.25. The highest BCUT2D eigenvalue weighted by molar-refractivity contribution is 7.20. The lowest BCUT2D eigenvalue weighted by Gasteiger charge is -2.10. The highest BCUT2D eigenvalue weighted by Gasteiger charge is 2.13. The molecule has 3 aromatic rings. The van der Waals surface area contributed by atoms with E-state index in [1.165, 1.54) is 22.4 Å². The number of pyridine rings is 1. The van der Waals surface area contributed by atoms with Gasteiger partial charge in [0.2, 0.25) is 0 Å². The van der Waals surface area contributed by atoms with Crippen molar-refractivity contribution < 1.29 is 9.59 Å². The molecule has 0 atom stereocenters. The molecule has 3 rings (SSSR count). The van der Waals surface area contributed by atoms with E-state index in [2.05, 4.69) is 10.3 Å². The first kappa shape index (κ1) is 15.2. The fraction of sp³-hybridized carbons (Fsp3) is 0.118. The van der Waals surface area contributed by atoms with Crippen molar-refractivity contribution in [1.82, 2.24) is 9.88 Å². The van der Waals surface area contributed by atoms with E-state index in [1.54, 1.807) is 26.2 Å². The summed E-state index contributed by atoms with van der Waals surface area (Å²) in [5.74, 6) is -0.399. The number of fused-ring (bicyclic) bond motifs is 1. The summed E-state index contributed by atoms with van der Waals surface area (Å²) in [5.41, 5.74) is 0.844. The average molecular weight is 325 g/mol. The topological polar surface area (TPSA) is 62.3 Å². The number of amides is 2. The van der Waals surface area contributed by atoms with Crippen molar-refractivity contribution in [2.24, 2.45) is 0 Å². The molecule has 0 bridgehead atoms. The predicted molar refractivity (Wildman–Crippen MR) is 92.0 cm³/mol. The van der Waals surface area contributed by atoms with Crippen LogP contribution in [0.1, 0.15) is 20.2 Å². The van der Waals surface area contributed by atoms with Crippen molar-refractivity contribution in [2.45, 2.75) is 0 Å². The van der Waals surface area contributed by atoms with Gasteiger partial charge >= 0.3 is 0 Å². The molecule has 0 unspecified atom stereocenters. The Morgan fingerprint density at radius 1 is 1.13 bits per heavy atom. The summed E-state index contributed by atoms with van der Waals surface area (Å²) in [4.78, 5) is 30.4. The number of thiophene rings is 1. The van der Waals surface area contributed by atoms with Gasteiger partial charge in [0.15, 0.2) is 0 Å². The number of carbonyl (C=O) groups is 2. The molecule has 6 heteroatoms. The number of aromatic nitrogens is 1. The van der Waals surface area contributed by atoms with E-state index < -0.39 is 0 Å². The number of nitrogens with zero attached hydrogens (tertiary/aromatic N) is 2. The maximum absolute atomic E-state index is 12.4. The van der Waals surface area contributed by atoms with E-state index in [0.717, 1.165) is 10.1 Å². The molecule has 0 saturated carbocycles. The van der Waals surface area contributed by atoms with Gasteiger partial charge in [-0.15, -0.1) is 11.3 Å². The number of hydrogen-bond acceptors (Lipinski definition) is 4. The van der Waals surface area contributed by atoms with Crippen molar-refractivity contribution in [3.63, 3.8) is 0 Å². The number of carbonyl (C=O) groups excluding carboxylic acids is 2. The Bertz CT molecular complexity index is 853. The van der Waals surface area contributed by atoms with Crippen molar-refractivity contribution in [2.75, 3.05) is 19.4 Å². The summed E-state index contributed by atoms with van der Waals surface area (Å²) in [6.45, 7) is 0. The first-order valence-electron chi connectivity index (χ1n) is 7.02. The zero-order valence-corrected chi connectivity index (χ0v) is 13.6. The van der Waals surface area contributed by atoms with Crippen LogP contribution in [0.3, 0.4) is 0 Å². The standard InChI is InChI=1S/C17H15N3O2S/c1-20(2)17(22)13-10-12(7-8-18-13)19-16(21)15-9-11-5-3-4-6-14(11)23-15/h3-10H,1-2H3,(H,18,19,21). The minimum absolute atomic E-state index is 0.194. The molecule has 2 amide bonds. The highest BCUT2D eigenvalue weighted by atomic mass is 32.1. The largest absolute Gasteiger partial charge is 0.343 e. The van der Waals surface area contributed by atoms with Crippen LogP contribution in [0.25, 0.3) is 10.1 Å². The zero-order chi connectivity index (χ0) is 16.4. The van der Waals surface area contributed by atoms with Gasteiger partial charge in [0.1, 0.15) is 5.69 Å². The van der Waals surface area contributed by atoms with Gasteiger partial charge in [-0.05, 0) is 29.7 Å². The maximum atomic E-state index is 12.4. The quantitative estimate of drug-likeness (QED) is 0.804. The lowest BCUT2D eigenvalue weighted by molar-refractivity contribution is 0.0821. The summed E-state index contributed by atoms with van der Waals surface area (Å²) < 4.78 is 1.07. The molecule has 0 saturated heterocycles. The van der Waals surface area contributed by atoms with Gasteiger partial charge in [0.25, 0.3) is 11.8 Å². The molecule has 2 heterocycles.